The number of aliphatic imine (C=N–C) groups is 1. The molecule has 1 spiro atoms. The lowest BCUT2D eigenvalue weighted by atomic mass is 9.67. The normalized spacial score (nSPS) is 23.4. The molecule has 82 valence electrons. The summed E-state index contributed by atoms with van der Waals surface area (Å²) in [4.78, 5) is 27.4. The van der Waals surface area contributed by atoms with Gasteiger partial charge < -0.3 is 10.6 Å². The van der Waals surface area contributed by atoms with Crippen LogP contribution in [0.2, 0.25) is 0 Å². The van der Waals surface area contributed by atoms with Gasteiger partial charge in [-0.15, -0.1) is 0 Å². The summed E-state index contributed by atoms with van der Waals surface area (Å²) in [6.07, 6.45) is 2.84. The molecule has 1 saturated carbocycles. The third kappa shape index (κ3) is 1.56. The molecule has 1 fully saturated rings. The number of rotatable bonds is 3. The molecular formula is C10H15N3O2. The minimum absolute atomic E-state index is 0.153. The molecule has 1 aliphatic heterocycles. The monoisotopic (exact) mass is 209 g/mol. The highest BCUT2D eigenvalue weighted by atomic mass is 16.2. The molecule has 0 atom stereocenters. The maximum absolute atomic E-state index is 11.7. The topological polar surface area (TPSA) is 70.6 Å². The number of nitrogens with zero attached hydrogens (tertiary/aromatic N) is 1. The summed E-state index contributed by atoms with van der Waals surface area (Å²) in [5, 5.41) is 5.67. The minimum Gasteiger partial charge on any atom is -0.319 e. The van der Waals surface area contributed by atoms with Crippen molar-refractivity contribution in [2.75, 3.05) is 13.6 Å². The van der Waals surface area contributed by atoms with Gasteiger partial charge in [-0.25, -0.2) is 0 Å². The van der Waals surface area contributed by atoms with Crippen molar-refractivity contribution in [3.63, 3.8) is 0 Å². The van der Waals surface area contributed by atoms with Crippen LogP contribution in [0.5, 0.6) is 0 Å². The maximum Gasteiger partial charge on any atom is 0.263 e. The molecule has 1 aliphatic carbocycles. The van der Waals surface area contributed by atoms with E-state index in [1.54, 1.807) is 0 Å². The molecule has 0 aromatic carbocycles. The van der Waals surface area contributed by atoms with Crippen LogP contribution in [0.25, 0.3) is 0 Å². The summed E-state index contributed by atoms with van der Waals surface area (Å²) < 4.78 is 0. The second-order valence-corrected chi connectivity index (χ2v) is 4.11. The Morgan fingerprint density at radius 1 is 1.47 bits per heavy atom. The van der Waals surface area contributed by atoms with Gasteiger partial charge in [0.1, 0.15) is 11.3 Å². The molecule has 0 unspecified atom stereocenters. The molecule has 1 heterocycles. The Hall–Kier alpha value is -1.23. The minimum atomic E-state index is -0.802. The zero-order valence-corrected chi connectivity index (χ0v) is 8.80. The zero-order valence-electron chi connectivity index (χ0n) is 8.80. The Morgan fingerprint density at radius 2 is 2.20 bits per heavy atom. The van der Waals surface area contributed by atoms with Crippen molar-refractivity contribution in [2.24, 2.45) is 10.4 Å². The van der Waals surface area contributed by atoms with E-state index in [4.69, 9.17) is 0 Å². The number of amides is 2. The lowest BCUT2D eigenvalue weighted by molar-refractivity contribution is -0.147. The van der Waals surface area contributed by atoms with Gasteiger partial charge in [-0.3, -0.25) is 9.59 Å². The van der Waals surface area contributed by atoms with Crippen LogP contribution in [0, 0.1) is 5.41 Å². The molecule has 2 aliphatic rings. The van der Waals surface area contributed by atoms with Crippen molar-refractivity contribution in [3.05, 3.63) is 0 Å². The Morgan fingerprint density at radius 3 is 2.67 bits per heavy atom. The summed E-state index contributed by atoms with van der Waals surface area (Å²) in [7, 11) is 1.82. The standard InChI is InChI=1S/C10H15N3O2/c1-11-6-3-7-12-8(14)10(4-2-5-10)9(15)13-7/h11H,2-6H2,1H3,(H,12,13,14,15). The van der Waals surface area contributed by atoms with E-state index in [2.05, 4.69) is 15.6 Å². The lowest BCUT2D eigenvalue weighted by Gasteiger charge is -2.39. The SMILES string of the molecule is CNCCC1=NC(=O)C2(CCC2)C(=O)N1. The zero-order chi connectivity index (χ0) is 10.9. The predicted octanol–water partition coefficient (Wildman–Crippen LogP) is -0.179. The highest BCUT2D eigenvalue weighted by molar-refractivity contribution is 6.19. The highest BCUT2D eigenvalue weighted by Gasteiger charge is 2.52. The predicted molar refractivity (Wildman–Crippen MR) is 55.4 cm³/mol. The third-order valence-electron chi connectivity index (χ3n) is 3.16. The molecule has 5 heteroatoms. The van der Waals surface area contributed by atoms with Gasteiger partial charge in [0, 0.05) is 13.0 Å². The van der Waals surface area contributed by atoms with Crippen LogP contribution in [0.3, 0.4) is 0 Å². The van der Waals surface area contributed by atoms with Crippen molar-refractivity contribution in [1.29, 1.82) is 0 Å². The highest BCUT2D eigenvalue weighted by Crippen LogP contribution is 2.43. The van der Waals surface area contributed by atoms with E-state index >= 15 is 0 Å². The molecule has 0 aromatic rings. The molecule has 2 N–H and O–H groups in total. The van der Waals surface area contributed by atoms with Crippen LogP contribution in [0.1, 0.15) is 25.7 Å². The van der Waals surface area contributed by atoms with Crippen LogP contribution in [-0.4, -0.2) is 31.2 Å². The number of nitrogens with one attached hydrogen (secondary N) is 2. The summed E-state index contributed by atoms with van der Waals surface area (Å²) >= 11 is 0. The van der Waals surface area contributed by atoms with Gasteiger partial charge >= 0.3 is 0 Å². The van der Waals surface area contributed by atoms with Crippen molar-refractivity contribution in [2.45, 2.75) is 25.7 Å². The largest absolute Gasteiger partial charge is 0.319 e. The average molecular weight is 209 g/mol. The Bertz CT molecular complexity index is 332. The molecule has 0 saturated heterocycles. The summed E-state index contributed by atoms with van der Waals surface area (Å²) in [6.45, 7) is 0.708. The molecule has 2 rings (SSSR count). The van der Waals surface area contributed by atoms with Crippen LogP contribution in [-0.2, 0) is 9.59 Å². The average Bonchev–Trinajstić information content (AvgIpc) is 2.11. The second-order valence-electron chi connectivity index (χ2n) is 4.11. The van der Waals surface area contributed by atoms with E-state index in [0.717, 1.165) is 6.42 Å². The van der Waals surface area contributed by atoms with E-state index in [1.165, 1.54) is 0 Å². The maximum atomic E-state index is 11.7. The van der Waals surface area contributed by atoms with Crippen LogP contribution >= 0.6 is 0 Å². The second kappa shape index (κ2) is 3.73. The van der Waals surface area contributed by atoms with Crippen molar-refractivity contribution in [1.82, 2.24) is 10.6 Å². The van der Waals surface area contributed by atoms with E-state index in [0.29, 0.717) is 31.6 Å². The first-order chi connectivity index (χ1) is 7.19. The third-order valence-corrected chi connectivity index (χ3v) is 3.16. The fourth-order valence-electron chi connectivity index (χ4n) is 1.94. The lowest BCUT2D eigenvalue weighted by Crippen LogP contribution is -2.56. The number of amidine groups is 1. The number of carbonyl (C=O) groups excluding carboxylic acids is 2. The first-order valence-corrected chi connectivity index (χ1v) is 5.27. The number of carbonyl (C=O) groups is 2. The number of hydrogen-bond acceptors (Lipinski definition) is 3. The van der Waals surface area contributed by atoms with E-state index < -0.39 is 5.41 Å². The van der Waals surface area contributed by atoms with E-state index in [-0.39, 0.29) is 11.8 Å². The van der Waals surface area contributed by atoms with E-state index in [9.17, 15) is 9.59 Å². The molecule has 0 aromatic heterocycles. The smallest absolute Gasteiger partial charge is 0.263 e. The molecule has 0 bridgehead atoms. The molecule has 0 radical (unpaired) electrons. The first-order valence-electron chi connectivity index (χ1n) is 5.27. The molecule has 15 heavy (non-hydrogen) atoms. The van der Waals surface area contributed by atoms with Gasteiger partial charge in [-0.2, -0.15) is 4.99 Å². The molecular weight excluding hydrogens is 194 g/mol. The van der Waals surface area contributed by atoms with Gasteiger partial charge in [-0.05, 0) is 19.9 Å². The van der Waals surface area contributed by atoms with Crippen LogP contribution in [0.15, 0.2) is 4.99 Å². The summed E-state index contributed by atoms with van der Waals surface area (Å²) in [5.74, 6) is 0.0975. The van der Waals surface area contributed by atoms with Gasteiger partial charge in [-0.1, -0.05) is 6.42 Å². The van der Waals surface area contributed by atoms with Crippen LogP contribution < -0.4 is 10.6 Å². The Kier molecular flexibility index (Phi) is 2.56. The molecule has 5 nitrogen and oxygen atoms in total. The van der Waals surface area contributed by atoms with Crippen molar-refractivity contribution >= 4 is 17.6 Å². The fourth-order valence-corrected chi connectivity index (χ4v) is 1.94. The first kappa shape index (κ1) is 10.3. The molecule has 2 amide bonds. The summed E-state index contributed by atoms with van der Waals surface area (Å²) in [6, 6.07) is 0. The Labute approximate surface area is 88.3 Å². The Balaban J connectivity index is 2.10. The van der Waals surface area contributed by atoms with Crippen molar-refractivity contribution in [3.8, 4) is 0 Å². The quantitative estimate of drug-likeness (QED) is 0.633. The van der Waals surface area contributed by atoms with Gasteiger partial charge in [0.2, 0.25) is 5.91 Å². The summed E-state index contributed by atoms with van der Waals surface area (Å²) in [5.41, 5.74) is -0.802. The number of hydrogen-bond donors (Lipinski definition) is 2. The fraction of sp³-hybridized carbons (Fsp3) is 0.700. The van der Waals surface area contributed by atoms with Gasteiger partial charge in [0.05, 0.1) is 0 Å². The van der Waals surface area contributed by atoms with Crippen LogP contribution in [0.4, 0.5) is 0 Å². The van der Waals surface area contributed by atoms with E-state index in [1.807, 2.05) is 7.05 Å². The van der Waals surface area contributed by atoms with Crippen molar-refractivity contribution < 1.29 is 9.59 Å². The van der Waals surface area contributed by atoms with Gasteiger partial charge in [0.25, 0.3) is 5.91 Å². The van der Waals surface area contributed by atoms with Gasteiger partial charge in [0.15, 0.2) is 0 Å².